The summed E-state index contributed by atoms with van der Waals surface area (Å²) in [6, 6.07) is 15.5. The minimum Gasteiger partial charge on any atom is -0.507 e. The van der Waals surface area contributed by atoms with Gasteiger partial charge in [-0.05, 0) is 54.3 Å². The Kier molecular flexibility index (Phi) is 7.98. The van der Waals surface area contributed by atoms with Gasteiger partial charge in [0, 0.05) is 11.8 Å². The van der Waals surface area contributed by atoms with E-state index in [2.05, 4.69) is 20.3 Å². The molecule has 15 heteroatoms. The summed E-state index contributed by atoms with van der Waals surface area (Å²) in [6.07, 6.45) is 0. The highest BCUT2D eigenvalue weighted by atomic mass is 35.5. The first kappa shape index (κ1) is 28.8. The number of nitrogens with two attached hydrogens (primary N) is 1. The van der Waals surface area contributed by atoms with E-state index in [9.17, 15) is 31.3 Å². The molecule has 0 fully saturated rings. The smallest absolute Gasteiger partial charge is 0.296 e. The number of para-hydroxylation sites is 1. The third-order valence-corrected chi connectivity index (χ3v) is 8.15. The molecular weight excluding hydrogens is 582 g/mol. The third-order valence-electron chi connectivity index (χ3n) is 5.67. The number of sulfonamides is 1. The standard InChI is InChI=1S/C25H22ClN5O7S2/c1-14-4-2-3-5-19(14)31-39(34,35)17-10-15-6-8-18(27)25(24(15)21(32)12-17)30-29-20-9-7-16(28-23(33)13-26)11-22(20)40(36,37)38/h2-12,31-32H,13,27H2,1H3,(H,28,33)(H,36,37,38). The fraction of sp³-hybridized carbons (Fsp3) is 0.0800. The number of aryl methyl sites for hydroxylation is 1. The zero-order valence-electron chi connectivity index (χ0n) is 20.7. The fourth-order valence-electron chi connectivity index (χ4n) is 3.75. The van der Waals surface area contributed by atoms with Gasteiger partial charge in [0.25, 0.3) is 20.1 Å². The summed E-state index contributed by atoms with van der Waals surface area (Å²) >= 11 is 5.45. The van der Waals surface area contributed by atoms with E-state index in [1.165, 1.54) is 30.3 Å². The van der Waals surface area contributed by atoms with Crippen molar-refractivity contribution in [1.29, 1.82) is 0 Å². The highest BCUT2D eigenvalue weighted by Gasteiger charge is 2.21. The molecular formula is C25H22ClN5O7S2. The van der Waals surface area contributed by atoms with Crippen LogP contribution in [0.2, 0.25) is 0 Å². The fourth-order valence-corrected chi connectivity index (χ4v) is 5.65. The van der Waals surface area contributed by atoms with Crippen LogP contribution in [0.5, 0.6) is 5.75 Å². The highest BCUT2D eigenvalue weighted by Crippen LogP contribution is 2.41. The second-order valence-electron chi connectivity index (χ2n) is 8.50. The molecule has 0 saturated heterocycles. The number of phenolic OH excluding ortho intramolecular Hbond substituents is 1. The van der Waals surface area contributed by atoms with E-state index >= 15 is 0 Å². The lowest BCUT2D eigenvalue weighted by molar-refractivity contribution is -0.113. The van der Waals surface area contributed by atoms with Crippen molar-refractivity contribution in [2.45, 2.75) is 16.7 Å². The predicted molar refractivity (Wildman–Crippen MR) is 152 cm³/mol. The van der Waals surface area contributed by atoms with Crippen LogP contribution in [0.25, 0.3) is 10.8 Å². The number of anilines is 3. The number of alkyl halides is 1. The van der Waals surface area contributed by atoms with Gasteiger partial charge in [0.1, 0.15) is 27.9 Å². The van der Waals surface area contributed by atoms with Gasteiger partial charge in [-0.25, -0.2) is 8.42 Å². The molecule has 1 amide bonds. The molecule has 0 bridgehead atoms. The molecule has 0 radical (unpaired) electrons. The molecule has 0 spiro atoms. The molecule has 40 heavy (non-hydrogen) atoms. The van der Waals surface area contributed by atoms with E-state index in [1.54, 1.807) is 31.2 Å². The molecule has 6 N–H and O–H groups in total. The van der Waals surface area contributed by atoms with E-state index in [4.69, 9.17) is 17.3 Å². The van der Waals surface area contributed by atoms with Crippen molar-refractivity contribution < 1.29 is 31.3 Å². The lowest BCUT2D eigenvalue weighted by Crippen LogP contribution is -2.13. The molecule has 0 aliphatic rings. The van der Waals surface area contributed by atoms with Gasteiger partial charge in [-0.1, -0.05) is 24.3 Å². The van der Waals surface area contributed by atoms with Crippen LogP contribution in [0.1, 0.15) is 5.56 Å². The van der Waals surface area contributed by atoms with Gasteiger partial charge in [-0.2, -0.15) is 8.42 Å². The third kappa shape index (κ3) is 6.15. The van der Waals surface area contributed by atoms with Gasteiger partial charge in [-0.15, -0.1) is 21.8 Å². The van der Waals surface area contributed by atoms with Crippen molar-refractivity contribution in [1.82, 2.24) is 0 Å². The Balaban J connectivity index is 1.78. The number of nitrogens with zero attached hydrogens (tertiary/aromatic N) is 2. The summed E-state index contributed by atoms with van der Waals surface area (Å²) in [5.74, 6) is -1.46. The Bertz CT molecular complexity index is 1900. The summed E-state index contributed by atoms with van der Waals surface area (Å²) in [4.78, 5) is 10.7. The molecule has 4 aromatic carbocycles. The average molecular weight is 604 g/mol. The number of azo groups is 1. The van der Waals surface area contributed by atoms with Crippen LogP contribution < -0.4 is 15.8 Å². The number of aromatic hydroxyl groups is 1. The molecule has 0 atom stereocenters. The number of hydrogen-bond acceptors (Lipinski definition) is 9. The largest absolute Gasteiger partial charge is 0.507 e. The number of hydrogen-bond donors (Lipinski definition) is 5. The molecule has 0 aromatic heterocycles. The van der Waals surface area contributed by atoms with Crippen LogP contribution in [0.4, 0.5) is 28.4 Å². The first-order chi connectivity index (χ1) is 18.8. The van der Waals surface area contributed by atoms with E-state index in [-0.39, 0.29) is 44.3 Å². The van der Waals surface area contributed by atoms with Crippen molar-refractivity contribution in [3.05, 3.63) is 72.3 Å². The Morgan fingerprint density at radius 1 is 1.00 bits per heavy atom. The summed E-state index contributed by atoms with van der Waals surface area (Å²) < 4.78 is 62.2. The SMILES string of the molecule is Cc1ccccc1NS(=O)(=O)c1cc(O)c2c(N=Nc3ccc(NC(=O)CCl)cc3S(=O)(=O)O)c(N)ccc2c1. The monoisotopic (exact) mass is 603 g/mol. The molecule has 12 nitrogen and oxygen atoms in total. The van der Waals surface area contributed by atoms with E-state index < -0.39 is 36.7 Å². The van der Waals surface area contributed by atoms with Crippen LogP contribution >= 0.6 is 11.6 Å². The minimum absolute atomic E-state index is 0.0348. The highest BCUT2D eigenvalue weighted by molar-refractivity contribution is 7.92. The maximum absolute atomic E-state index is 13.1. The maximum atomic E-state index is 13.1. The number of carbonyl (C=O) groups excluding carboxylic acids is 1. The lowest BCUT2D eigenvalue weighted by atomic mass is 10.1. The van der Waals surface area contributed by atoms with Crippen molar-refractivity contribution in [3.63, 3.8) is 0 Å². The first-order valence-electron chi connectivity index (χ1n) is 11.3. The van der Waals surface area contributed by atoms with Crippen LogP contribution in [0, 0.1) is 6.92 Å². The zero-order valence-corrected chi connectivity index (χ0v) is 23.0. The van der Waals surface area contributed by atoms with Crippen LogP contribution in [0.3, 0.4) is 0 Å². The summed E-state index contributed by atoms with van der Waals surface area (Å²) in [6.45, 7) is 1.74. The van der Waals surface area contributed by atoms with Crippen LogP contribution in [-0.4, -0.2) is 38.3 Å². The molecule has 4 aromatic rings. The topological polar surface area (TPSA) is 201 Å². The number of amides is 1. The zero-order chi connectivity index (χ0) is 29.2. The Labute approximate surface area is 234 Å². The lowest BCUT2D eigenvalue weighted by Gasteiger charge is -2.13. The van der Waals surface area contributed by atoms with E-state index in [0.29, 0.717) is 11.3 Å². The summed E-state index contributed by atoms with van der Waals surface area (Å²) in [5, 5.41) is 21.4. The van der Waals surface area contributed by atoms with Gasteiger partial charge in [0.2, 0.25) is 5.91 Å². The Hall–Kier alpha value is -4.24. The molecule has 4 rings (SSSR count). The number of rotatable bonds is 8. The normalized spacial score (nSPS) is 12.1. The van der Waals surface area contributed by atoms with Gasteiger partial charge >= 0.3 is 0 Å². The van der Waals surface area contributed by atoms with Crippen LogP contribution in [-0.2, 0) is 24.9 Å². The molecule has 0 saturated carbocycles. The predicted octanol–water partition coefficient (Wildman–Crippen LogP) is 5.08. The second-order valence-corrected chi connectivity index (χ2v) is 11.8. The van der Waals surface area contributed by atoms with Crippen molar-refractivity contribution in [3.8, 4) is 5.75 Å². The van der Waals surface area contributed by atoms with Crippen molar-refractivity contribution in [2.24, 2.45) is 10.2 Å². The van der Waals surface area contributed by atoms with E-state index in [0.717, 1.165) is 12.1 Å². The quantitative estimate of drug-likeness (QED) is 0.0794. The van der Waals surface area contributed by atoms with Crippen molar-refractivity contribution in [2.75, 3.05) is 21.7 Å². The number of benzene rings is 4. The number of phenols is 1. The van der Waals surface area contributed by atoms with Gasteiger partial charge in [0.15, 0.2) is 0 Å². The van der Waals surface area contributed by atoms with Gasteiger partial charge < -0.3 is 16.2 Å². The molecule has 0 heterocycles. The maximum Gasteiger partial charge on any atom is 0.296 e. The Morgan fingerprint density at radius 3 is 2.40 bits per heavy atom. The number of carbonyl (C=O) groups is 1. The molecule has 208 valence electrons. The Morgan fingerprint density at radius 2 is 1.73 bits per heavy atom. The summed E-state index contributed by atoms with van der Waals surface area (Å²) in [7, 11) is -8.90. The second kappa shape index (κ2) is 11.1. The number of nitrogens with one attached hydrogen (secondary N) is 2. The molecule has 0 aliphatic carbocycles. The van der Waals surface area contributed by atoms with Gasteiger partial charge in [0.05, 0.1) is 21.7 Å². The minimum atomic E-state index is -4.81. The average Bonchev–Trinajstić information content (AvgIpc) is 2.89. The van der Waals surface area contributed by atoms with Crippen molar-refractivity contribution >= 4 is 76.9 Å². The first-order valence-corrected chi connectivity index (χ1v) is 14.8. The number of nitrogen functional groups attached to an aromatic ring is 1. The molecule has 0 aliphatic heterocycles. The van der Waals surface area contributed by atoms with Crippen LogP contribution in [0.15, 0.2) is 86.7 Å². The number of halogens is 1. The molecule has 0 unspecified atom stereocenters. The van der Waals surface area contributed by atoms with Gasteiger partial charge in [-0.3, -0.25) is 14.1 Å². The van der Waals surface area contributed by atoms with E-state index in [1.807, 2.05) is 0 Å². The summed E-state index contributed by atoms with van der Waals surface area (Å²) in [5.41, 5.74) is 6.83. The number of fused-ring (bicyclic) bond motifs is 1.